The van der Waals surface area contributed by atoms with Gasteiger partial charge in [0, 0.05) is 17.5 Å². The van der Waals surface area contributed by atoms with Gasteiger partial charge in [0.05, 0.1) is 17.2 Å². The highest BCUT2D eigenvalue weighted by molar-refractivity contribution is 7.13. The molecule has 0 radical (unpaired) electrons. The minimum absolute atomic E-state index is 0.136. The number of carboxylic acids is 1. The molecular weight excluding hydrogens is 353 g/mol. The highest BCUT2D eigenvalue weighted by Gasteiger charge is 2.41. The van der Waals surface area contributed by atoms with Crippen LogP contribution in [0.25, 0.3) is 10.6 Å². The number of hydrogen-bond acceptors (Lipinski definition) is 4. The molecule has 1 aromatic heterocycles. The van der Waals surface area contributed by atoms with Crippen LogP contribution in [-0.2, 0) is 6.54 Å². The lowest BCUT2D eigenvalue weighted by molar-refractivity contribution is -0.185. The third-order valence-corrected chi connectivity index (χ3v) is 5.31. The fourth-order valence-electron chi connectivity index (χ4n) is 2.92. The van der Waals surface area contributed by atoms with E-state index in [2.05, 4.69) is 4.98 Å². The maximum atomic E-state index is 12.7. The number of nitrogens with zero attached hydrogens (tertiary/aromatic N) is 2. The van der Waals surface area contributed by atoms with Crippen LogP contribution >= 0.6 is 11.3 Å². The first kappa shape index (κ1) is 17.9. The molecule has 0 atom stereocenters. The summed E-state index contributed by atoms with van der Waals surface area (Å²) < 4.78 is 38.1. The summed E-state index contributed by atoms with van der Waals surface area (Å²) in [5.74, 6) is -2.17. The maximum Gasteiger partial charge on any atom is 0.391 e. The average molecular weight is 370 g/mol. The summed E-state index contributed by atoms with van der Waals surface area (Å²) in [5, 5.41) is 11.6. The number of carbonyl (C=O) groups is 1. The summed E-state index contributed by atoms with van der Waals surface area (Å²) in [5.41, 5.74) is 1.87. The van der Waals surface area contributed by atoms with Crippen molar-refractivity contribution in [2.75, 3.05) is 13.1 Å². The Hall–Kier alpha value is -1.93. The van der Waals surface area contributed by atoms with E-state index < -0.39 is 18.1 Å². The summed E-state index contributed by atoms with van der Waals surface area (Å²) in [4.78, 5) is 17.4. The Morgan fingerprint density at radius 2 is 1.88 bits per heavy atom. The minimum atomic E-state index is -4.10. The van der Waals surface area contributed by atoms with E-state index in [1.807, 2.05) is 10.3 Å². The van der Waals surface area contributed by atoms with E-state index in [0.29, 0.717) is 19.6 Å². The molecule has 8 heteroatoms. The summed E-state index contributed by atoms with van der Waals surface area (Å²) in [7, 11) is 0. The predicted octanol–water partition coefficient (Wildman–Crippen LogP) is 4.28. The number of benzene rings is 1. The van der Waals surface area contributed by atoms with Gasteiger partial charge >= 0.3 is 12.1 Å². The molecule has 4 nitrogen and oxygen atoms in total. The number of carboxylic acid groups (broad SMARTS) is 1. The number of halogens is 3. The molecule has 0 amide bonds. The van der Waals surface area contributed by atoms with E-state index in [0.717, 1.165) is 16.3 Å². The molecule has 3 rings (SSSR count). The zero-order valence-corrected chi connectivity index (χ0v) is 14.1. The second kappa shape index (κ2) is 7.13. The molecule has 1 saturated heterocycles. The monoisotopic (exact) mass is 370 g/mol. The highest BCUT2D eigenvalue weighted by atomic mass is 32.1. The van der Waals surface area contributed by atoms with Gasteiger partial charge in [0.1, 0.15) is 5.01 Å². The first-order chi connectivity index (χ1) is 11.8. The van der Waals surface area contributed by atoms with Crippen LogP contribution in [0.2, 0.25) is 0 Å². The van der Waals surface area contributed by atoms with E-state index in [9.17, 15) is 18.0 Å². The normalized spacial score (nSPS) is 16.9. The van der Waals surface area contributed by atoms with Gasteiger partial charge in [0.15, 0.2) is 0 Å². The molecule has 1 aliphatic rings. The summed E-state index contributed by atoms with van der Waals surface area (Å²) in [6, 6.07) is 6.48. The van der Waals surface area contributed by atoms with Gasteiger partial charge in [0.2, 0.25) is 0 Å². The molecule has 2 aromatic rings. The molecule has 2 heterocycles. The van der Waals surface area contributed by atoms with Crippen LogP contribution in [0, 0.1) is 5.92 Å². The Kier molecular flexibility index (Phi) is 5.10. The average Bonchev–Trinajstić information content (AvgIpc) is 3.03. The van der Waals surface area contributed by atoms with Crippen LogP contribution in [0.1, 0.15) is 28.9 Å². The molecular formula is C17H17F3N2O2S. The smallest absolute Gasteiger partial charge is 0.391 e. The van der Waals surface area contributed by atoms with Gasteiger partial charge < -0.3 is 5.11 Å². The van der Waals surface area contributed by atoms with Gasteiger partial charge in [-0.25, -0.2) is 9.78 Å². The van der Waals surface area contributed by atoms with E-state index >= 15 is 0 Å². The number of rotatable bonds is 4. The maximum absolute atomic E-state index is 12.7. The van der Waals surface area contributed by atoms with Crippen molar-refractivity contribution in [1.82, 2.24) is 9.88 Å². The SMILES string of the molecule is O=C(O)c1ccc(-c2nc(CN3CCC(C(F)(F)F)CC3)cs2)cc1. The van der Waals surface area contributed by atoms with Crippen molar-refractivity contribution in [1.29, 1.82) is 0 Å². The van der Waals surface area contributed by atoms with E-state index in [-0.39, 0.29) is 18.4 Å². The van der Waals surface area contributed by atoms with Crippen molar-refractivity contribution in [3.63, 3.8) is 0 Å². The topological polar surface area (TPSA) is 53.4 Å². The fraction of sp³-hybridized carbons (Fsp3) is 0.412. The lowest BCUT2D eigenvalue weighted by atomic mass is 9.96. The molecule has 134 valence electrons. The third kappa shape index (κ3) is 4.38. The van der Waals surface area contributed by atoms with Gasteiger partial charge in [-0.1, -0.05) is 12.1 Å². The summed E-state index contributed by atoms with van der Waals surface area (Å²) in [6.45, 7) is 1.38. The standard InChI is InChI=1S/C17H17F3N2O2S/c18-17(19,20)13-5-7-22(8-6-13)9-14-10-25-15(21-14)11-1-3-12(4-2-11)16(23)24/h1-4,10,13H,5-9H2,(H,23,24). The number of piperidine rings is 1. The predicted molar refractivity (Wildman–Crippen MR) is 88.6 cm³/mol. The number of aromatic nitrogens is 1. The quantitative estimate of drug-likeness (QED) is 0.873. The van der Waals surface area contributed by atoms with Crippen LogP contribution in [0.5, 0.6) is 0 Å². The second-order valence-corrected chi connectivity index (χ2v) is 6.98. The van der Waals surface area contributed by atoms with Gasteiger partial charge in [-0.3, -0.25) is 4.90 Å². The first-order valence-corrected chi connectivity index (χ1v) is 8.78. The molecule has 1 aliphatic heterocycles. The number of hydrogen-bond donors (Lipinski definition) is 1. The molecule has 0 spiro atoms. The molecule has 0 unspecified atom stereocenters. The number of likely N-dealkylation sites (tertiary alicyclic amines) is 1. The highest BCUT2D eigenvalue weighted by Crippen LogP contribution is 2.34. The molecule has 0 bridgehead atoms. The van der Waals surface area contributed by atoms with Crippen LogP contribution in [-0.4, -0.2) is 40.2 Å². The molecule has 0 aliphatic carbocycles. The Morgan fingerprint density at radius 3 is 2.44 bits per heavy atom. The third-order valence-electron chi connectivity index (χ3n) is 4.37. The Balaban J connectivity index is 1.60. The van der Waals surface area contributed by atoms with Gasteiger partial charge in [-0.2, -0.15) is 13.2 Å². The first-order valence-electron chi connectivity index (χ1n) is 7.90. The van der Waals surface area contributed by atoms with Crippen molar-refractivity contribution in [2.24, 2.45) is 5.92 Å². The van der Waals surface area contributed by atoms with Crippen molar-refractivity contribution in [3.05, 3.63) is 40.9 Å². The molecule has 25 heavy (non-hydrogen) atoms. The number of alkyl halides is 3. The number of aromatic carboxylic acids is 1. The molecule has 1 fully saturated rings. The Labute approximate surface area is 146 Å². The lowest BCUT2D eigenvalue weighted by Gasteiger charge is -2.32. The van der Waals surface area contributed by atoms with Crippen LogP contribution in [0.15, 0.2) is 29.6 Å². The largest absolute Gasteiger partial charge is 0.478 e. The van der Waals surface area contributed by atoms with Crippen molar-refractivity contribution >= 4 is 17.3 Å². The zero-order valence-electron chi connectivity index (χ0n) is 13.3. The van der Waals surface area contributed by atoms with Crippen LogP contribution in [0.3, 0.4) is 0 Å². The minimum Gasteiger partial charge on any atom is -0.478 e. The molecule has 1 N–H and O–H groups in total. The molecule has 1 aromatic carbocycles. The fourth-order valence-corrected chi connectivity index (χ4v) is 3.73. The molecule has 0 saturated carbocycles. The van der Waals surface area contributed by atoms with Crippen molar-refractivity contribution < 1.29 is 23.1 Å². The van der Waals surface area contributed by atoms with Gasteiger partial charge in [-0.05, 0) is 38.1 Å². The van der Waals surface area contributed by atoms with E-state index in [4.69, 9.17) is 5.11 Å². The Bertz CT molecular complexity index is 735. The Morgan fingerprint density at radius 1 is 1.24 bits per heavy atom. The van der Waals surface area contributed by atoms with Gasteiger partial charge in [-0.15, -0.1) is 11.3 Å². The zero-order chi connectivity index (χ0) is 18.0. The van der Waals surface area contributed by atoms with E-state index in [1.165, 1.54) is 23.5 Å². The van der Waals surface area contributed by atoms with Crippen molar-refractivity contribution in [2.45, 2.75) is 25.6 Å². The summed E-state index contributed by atoms with van der Waals surface area (Å²) in [6.07, 6.45) is -3.82. The lowest BCUT2D eigenvalue weighted by Crippen LogP contribution is -2.38. The van der Waals surface area contributed by atoms with Crippen molar-refractivity contribution in [3.8, 4) is 10.6 Å². The van der Waals surface area contributed by atoms with Crippen LogP contribution in [0.4, 0.5) is 13.2 Å². The van der Waals surface area contributed by atoms with Crippen LogP contribution < -0.4 is 0 Å². The van der Waals surface area contributed by atoms with E-state index in [1.54, 1.807) is 12.1 Å². The number of thiazole rings is 1. The summed E-state index contributed by atoms with van der Waals surface area (Å²) >= 11 is 1.45. The van der Waals surface area contributed by atoms with Gasteiger partial charge in [0.25, 0.3) is 0 Å². The second-order valence-electron chi connectivity index (χ2n) is 6.12.